The molecule has 3 aromatic rings. The average Bonchev–Trinajstić information content (AvgIpc) is 3.46. The van der Waals surface area contributed by atoms with Gasteiger partial charge in [-0.25, -0.2) is 14.2 Å². The second kappa shape index (κ2) is 9.77. The van der Waals surface area contributed by atoms with Crippen molar-refractivity contribution in [2.45, 2.75) is 51.2 Å². The topological polar surface area (TPSA) is 66.2 Å². The number of esters is 1. The quantitative estimate of drug-likeness (QED) is 0.192. The molecule has 0 aromatic carbocycles. The third-order valence-corrected chi connectivity index (χ3v) is 8.87. The van der Waals surface area contributed by atoms with Crippen LogP contribution in [0, 0.1) is 5.82 Å². The third-order valence-electron chi connectivity index (χ3n) is 5.79. The van der Waals surface area contributed by atoms with Gasteiger partial charge < -0.3 is 14.0 Å². The molecule has 10 heteroatoms. The number of aromatic nitrogens is 3. The van der Waals surface area contributed by atoms with Crippen LogP contribution in [0.1, 0.15) is 39.1 Å². The number of halogens is 2. The molecule has 0 aliphatic heterocycles. The number of pyridine rings is 1. The molecule has 0 spiro atoms. The second-order valence-electron chi connectivity index (χ2n) is 9.35. The van der Waals surface area contributed by atoms with Crippen LogP contribution in [-0.2, 0) is 22.6 Å². The number of methoxy groups -OCH3 is 1. The van der Waals surface area contributed by atoms with Gasteiger partial charge in [-0.3, -0.25) is 4.98 Å². The number of carbonyl (C=O) groups is 1. The highest BCUT2D eigenvalue weighted by molar-refractivity contribution is 9.10. The molecule has 33 heavy (non-hydrogen) atoms. The van der Waals surface area contributed by atoms with E-state index in [2.05, 4.69) is 46.6 Å². The van der Waals surface area contributed by atoms with Crippen LogP contribution in [0.2, 0.25) is 25.7 Å². The molecular formula is C23H27BrFN3O3SSi. The van der Waals surface area contributed by atoms with Gasteiger partial charge >= 0.3 is 5.97 Å². The van der Waals surface area contributed by atoms with Gasteiger partial charge in [0.15, 0.2) is 5.82 Å². The first-order valence-electron chi connectivity index (χ1n) is 10.8. The van der Waals surface area contributed by atoms with Gasteiger partial charge in [-0.15, -0.1) is 11.3 Å². The van der Waals surface area contributed by atoms with E-state index in [4.69, 9.17) is 14.5 Å². The summed E-state index contributed by atoms with van der Waals surface area (Å²) in [5, 5.41) is 1.64. The molecule has 0 saturated carbocycles. The van der Waals surface area contributed by atoms with Crippen molar-refractivity contribution in [2.75, 3.05) is 13.7 Å². The molecule has 3 heterocycles. The Balaban J connectivity index is 1.71. The fourth-order valence-corrected chi connectivity index (χ4v) is 5.98. The molecule has 6 nitrogen and oxygen atoms in total. The van der Waals surface area contributed by atoms with Gasteiger partial charge in [0.05, 0.1) is 30.6 Å². The summed E-state index contributed by atoms with van der Waals surface area (Å²) < 4.78 is 28.8. The number of hydrogen-bond acceptors (Lipinski definition) is 6. The maximum atomic E-state index is 15.2. The highest BCUT2D eigenvalue weighted by atomic mass is 79.9. The van der Waals surface area contributed by atoms with E-state index in [1.807, 2.05) is 4.57 Å². The van der Waals surface area contributed by atoms with Crippen LogP contribution in [0.15, 0.2) is 28.3 Å². The first kappa shape index (κ1) is 24.2. The summed E-state index contributed by atoms with van der Waals surface area (Å²) in [6, 6.07) is 3.13. The Morgan fingerprint density at radius 2 is 2.12 bits per heavy atom. The zero-order valence-electron chi connectivity index (χ0n) is 19.2. The van der Waals surface area contributed by atoms with Crippen molar-refractivity contribution >= 4 is 41.3 Å². The Hall–Kier alpha value is -1.88. The summed E-state index contributed by atoms with van der Waals surface area (Å²) in [6.07, 6.45) is 5.26. The van der Waals surface area contributed by atoms with Gasteiger partial charge in [-0.2, -0.15) is 0 Å². The molecule has 0 saturated heterocycles. The highest BCUT2D eigenvalue weighted by Gasteiger charge is 2.31. The van der Waals surface area contributed by atoms with Crippen molar-refractivity contribution < 1.29 is 18.7 Å². The van der Waals surface area contributed by atoms with E-state index in [1.165, 1.54) is 12.7 Å². The Morgan fingerprint density at radius 3 is 2.85 bits per heavy atom. The first-order valence-corrected chi connectivity index (χ1v) is 16.2. The minimum Gasteiger partial charge on any atom is -0.465 e. The summed E-state index contributed by atoms with van der Waals surface area (Å²) in [7, 11) is 0.00348. The number of rotatable bonds is 8. The molecule has 0 fully saturated rings. The summed E-state index contributed by atoms with van der Waals surface area (Å²) in [6.45, 7) is 7.81. The molecule has 4 rings (SSSR count). The zero-order valence-corrected chi connectivity index (χ0v) is 22.6. The molecular weight excluding hydrogens is 525 g/mol. The smallest absolute Gasteiger partial charge is 0.351 e. The van der Waals surface area contributed by atoms with Crippen LogP contribution in [0.3, 0.4) is 0 Å². The number of ether oxygens (including phenoxy) is 2. The number of imidazole rings is 1. The maximum Gasteiger partial charge on any atom is 0.351 e. The van der Waals surface area contributed by atoms with E-state index in [-0.39, 0.29) is 17.5 Å². The van der Waals surface area contributed by atoms with Crippen LogP contribution in [0.4, 0.5) is 4.39 Å². The number of carbonyl (C=O) groups excluding carboxylic acids is 1. The van der Waals surface area contributed by atoms with E-state index in [0.29, 0.717) is 17.9 Å². The molecule has 1 atom stereocenters. The molecule has 0 N–H and O–H groups in total. The lowest BCUT2D eigenvalue weighted by Crippen LogP contribution is -2.22. The van der Waals surface area contributed by atoms with Crippen molar-refractivity contribution in [3.63, 3.8) is 0 Å². The summed E-state index contributed by atoms with van der Waals surface area (Å²) >= 11 is 4.53. The molecule has 0 bridgehead atoms. The molecule has 1 aliphatic carbocycles. The first-order chi connectivity index (χ1) is 15.7. The van der Waals surface area contributed by atoms with Gasteiger partial charge in [0, 0.05) is 36.3 Å². The Kier molecular flexibility index (Phi) is 7.18. The average molecular weight is 553 g/mol. The van der Waals surface area contributed by atoms with Gasteiger partial charge in [-0.1, -0.05) is 19.6 Å². The Labute approximate surface area is 206 Å². The van der Waals surface area contributed by atoms with Gasteiger partial charge in [0.25, 0.3) is 0 Å². The van der Waals surface area contributed by atoms with E-state index >= 15 is 4.39 Å². The van der Waals surface area contributed by atoms with Crippen molar-refractivity contribution in [1.29, 1.82) is 0 Å². The third kappa shape index (κ3) is 5.13. The molecule has 3 aromatic heterocycles. The lowest BCUT2D eigenvalue weighted by atomic mass is 10.1. The van der Waals surface area contributed by atoms with Crippen molar-refractivity contribution in [1.82, 2.24) is 14.5 Å². The monoisotopic (exact) mass is 551 g/mol. The number of thiophene rings is 1. The van der Waals surface area contributed by atoms with Crippen LogP contribution in [0.5, 0.6) is 0 Å². The van der Waals surface area contributed by atoms with Gasteiger partial charge in [0.2, 0.25) is 0 Å². The predicted molar refractivity (Wildman–Crippen MR) is 133 cm³/mol. The van der Waals surface area contributed by atoms with Gasteiger partial charge in [-0.05, 0) is 46.4 Å². The normalized spacial score (nSPS) is 15.6. The number of hydrogen-bond donors (Lipinski definition) is 0. The van der Waals surface area contributed by atoms with Crippen LogP contribution < -0.4 is 0 Å². The maximum absolute atomic E-state index is 15.2. The molecule has 176 valence electrons. The number of nitrogens with zero attached hydrogens (tertiary/aromatic N) is 3. The van der Waals surface area contributed by atoms with Crippen molar-refractivity contribution in [2.24, 2.45) is 0 Å². The predicted octanol–water partition coefficient (Wildman–Crippen LogP) is 6.09. The van der Waals surface area contributed by atoms with Crippen LogP contribution >= 0.6 is 27.3 Å². The summed E-state index contributed by atoms with van der Waals surface area (Å²) in [5.74, 6) is -0.461. The minimum absolute atomic E-state index is 0.00390. The fourth-order valence-electron chi connectivity index (χ4n) is 3.99. The van der Waals surface area contributed by atoms with E-state index in [0.717, 1.165) is 46.2 Å². The lowest BCUT2D eigenvalue weighted by Gasteiger charge is -2.19. The van der Waals surface area contributed by atoms with E-state index < -0.39 is 19.9 Å². The van der Waals surface area contributed by atoms with Crippen molar-refractivity contribution in [3.05, 3.63) is 56.1 Å². The molecule has 1 aliphatic rings. The Morgan fingerprint density at radius 1 is 1.33 bits per heavy atom. The highest BCUT2D eigenvalue weighted by Crippen LogP contribution is 2.39. The summed E-state index contributed by atoms with van der Waals surface area (Å²) in [4.78, 5) is 21.3. The second-order valence-corrected chi connectivity index (χ2v) is 16.8. The standard InChI is InChI=1S/C23H27BrFN3O3SSi/c1-30-23(29)21-19(25)17(12-32-21)18-11-27-22(28(18)13-31-7-8-33(2,3)4)16-6-5-14-9-15(24)10-26-20(14)16/h9-12,16H,5-8,13H2,1-4H3. The fraction of sp³-hybridized carbons (Fsp3) is 0.435. The largest absolute Gasteiger partial charge is 0.465 e. The minimum atomic E-state index is -1.25. The van der Waals surface area contributed by atoms with Gasteiger partial charge in [0.1, 0.15) is 17.4 Å². The number of aryl methyl sites for hydroxylation is 1. The molecule has 1 unspecified atom stereocenters. The van der Waals surface area contributed by atoms with Crippen molar-refractivity contribution in [3.8, 4) is 11.3 Å². The van der Waals surface area contributed by atoms with Crippen LogP contribution in [0.25, 0.3) is 11.3 Å². The lowest BCUT2D eigenvalue weighted by molar-refractivity contribution is 0.0601. The van der Waals surface area contributed by atoms with E-state index in [9.17, 15) is 4.79 Å². The van der Waals surface area contributed by atoms with E-state index in [1.54, 1.807) is 17.8 Å². The molecule has 0 radical (unpaired) electrons. The Bertz CT molecular complexity index is 1170. The zero-order chi connectivity index (χ0) is 23.8. The van der Waals surface area contributed by atoms with Crippen LogP contribution in [-0.4, -0.2) is 42.3 Å². The molecule has 0 amide bonds. The number of fused-ring (bicyclic) bond motifs is 1. The SMILES string of the molecule is COC(=O)c1scc(-c2cnc(C3CCc4cc(Br)cnc43)n2COCC[Si](C)(C)C)c1F. The summed E-state index contributed by atoms with van der Waals surface area (Å²) in [5.41, 5.74) is 3.11.